The van der Waals surface area contributed by atoms with E-state index in [0.717, 1.165) is 29.1 Å². The molecule has 0 aliphatic heterocycles. The smallest absolute Gasteiger partial charge is 0.227 e. The van der Waals surface area contributed by atoms with Gasteiger partial charge in [0.2, 0.25) is 5.95 Å². The number of ketones is 1. The Kier molecular flexibility index (Phi) is 3.45. The van der Waals surface area contributed by atoms with Gasteiger partial charge in [0.05, 0.1) is 17.0 Å². The highest BCUT2D eigenvalue weighted by molar-refractivity contribution is 5.99. The first-order valence-corrected chi connectivity index (χ1v) is 7.27. The van der Waals surface area contributed by atoms with Crippen molar-refractivity contribution >= 4 is 17.4 Å². The Balaban J connectivity index is 1.94. The molecular formula is C17H19N3O. The lowest BCUT2D eigenvalue weighted by atomic mass is 9.86. The maximum Gasteiger partial charge on any atom is 0.227 e. The monoisotopic (exact) mass is 281 g/mol. The second-order valence-electron chi connectivity index (χ2n) is 5.88. The van der Waals surface area contributed by atoms with Crippen LogP contribution in [0.4, 0.5) is 11.6 Å². The van der Waals surface area contributed by atoms with Crippen LogP contribution < -0.4 is 5.32 Å². The summed E-state index contributed by atoms with van der Waals surface area (Å²) in [6.45, 7) is 6.02. The summed E-state index contributed by atoms with van der Waals surface area (Å²) in [4.78, 5) is 21.1. The molecule has 21 heavy (non-hydrogen) atoms. The van der Waals surface area contributed by atoms with Gasteiger partial charge < -0.3 is 5.32 Å². The molecule has 2 aromatic rings. The minimum absolute atomic E-state index is 0.170. The number of nitrogens with zero attached hydrogens (tertiary/aromatic N) is 2. The Morgan fingerprint density at radius 3 is 2.52 bits per heavy atom. The number of aryl methyl sites for hydroxylation is 2. The van der Waals surface area contributed by atoms with Gasteiger partial charge in [-0.3, -0.25) is 4.79 Å². The number of carbonyl (C=O) groups excluding carboxylic acids is 1. The summed E-state index contributed by atoms with van der Waals surface area (Å²) in [7, 11) is 0. The third-order valence-electron chi connectivity index (χ3n) is 3.83. The van der Waals surface area contributed by atoms with Crippen molar-refractivity contribution in [3.8, 4) is 0 Å². The molecule has 0 amide bonds. The van der Waals surface area contributed by atoms with Crippen molar-refractivity contribution < 1.29 is 4.79 Å². The minimum Gasteiger partial charge on any atom is -0.324 e. The zero-order valence-electron chi connectivity index (χ0n) is 12.6. The minimum atomic E-state index is 0.170. The Morgan fingerprint density at radius 1 is 1.10 bits per heavy atom. The molecule has 1 N–H and O–H groups in total. The van der Waals surface area contributed by atoms with E-state index in [0.29, 0.717) is 18.3 Å². The number of benzene rings is 1. The normalized spacial score (nSPS) is 17.5. The van der Waals surface area contributed by atoms with Gasteiger partial charge in [-0.1, -0.05) is 24.6 Å². The van der Waals surface area contributed by atoms with Crippen LogP contribution >= 0.6 is 0 Å². The highest BCUT2D eigenvalue weighted by Crippen LogP contribution is 2.27. The van der Waals surface area contributed by atoms with Crippen LogP contribution in [0.3, 0.4) is 0 Å². The summed E-state index contributed by atoms with van der Waals surface area (Å²) < 4.78 is 0. The van der Waals surface area contributed by atoms with Crippen LogP contribution in [0.5, 0.6) is 0 Å². The van der Waals surface area contributed by atoms with E-state index in [2.05, 4.69) is 29.1 Å². The predicted octanol–water partition coefficient (Wildman–Crippen LogP) is 3.60. The van der Waals surface area contributed by atoms with Gasteiger partial charge in [0.25, 0.3) is 0 Å². The van der Waals surface area contributed by atoms with Gasteiger partial charge in [0.15, 0.2) is 5.78 Å². The molecule has 1 aromatic heterocycles. The number of rotatable bonds is 2. The molecule has 108 valence electrons. The number of hydrogen-bond donors (Lipinski definition) is 1. The molecule has 0 saturated carbocycles. The molecule has 0 bridgehead atoms. The molecular weight excluding hydrogens is 262 g/mol. The van der Waals surface area contributed by atoms with Crippen LogP contribution in [0.15, 0.2) is 24.3 Å². The zero-order valence-corrected chi connectivity index (χ0v) is 12.6. The first-order valence-electron chi connectivity index (χ1n) is 7.27. The number of aromatic nitrogens is 2. The van der Waals surface area contributed by atoms with Crippen molar-refractivity contribution in [2.45, 2.75) is 33.6 Å². The molecule has 4 heteroatoms. The van der Waals surface area contributed by atoms with Crippen LogP contribution in [0.25, 0.3) is 0 Å². The van der Waals surface area contributed by atoms with E-state index in [1.807, 2.05) is 31.2 Å². The zero-order chi connectivity index (χ0) is 15.0. The summed E-state index contributed by atoms with van der Waals surface area (Å²) in [5.74, 6) is 1.09. The van der Waals surface area contributed by atoms with E-state index in [1.165, 1.54) is 5.56 Å². The molecule has 0 saturated heterocycles. The molecule has 1 atom stereocenters. The average molecular weight is 281 g/mol. The van der Waals surface area contributed by atoms with Gasteiger partial charge in [-0.15, -0.1) is 0 Å². The van der Waals surface area contributed by atoms with Crippen LogP contribution in [-0.2, 0) is 6.42 Å². The van der Waals surface area contributed by atoms with Crippen molar-refractivity contribution in [1.82, 2.24) is 9.97 Å². The number of fused-ring (bicyclic) bond motifs is 1. The lowest BCUT2D eigenvalue weighted by Gasteiger charge is -2.21. The molecule has 0 radical (unpaired) electrons. The van der Waals surface area contributed by atoms with E-state index in [4.69, 9.17) is 0 Å². The van der Waals surface area contributed by atoms with E-state index in [1.54, 1.807) is 0 Å². The van der Waals surface area contributed by atoms with E-state index >= 15 is 0 Å². The lowest BCUT2D eigenvalue weighted by Crippen LogP contribution is -2.22. The van der Waals surface area contributed by atoms with Crippen LogP contribution in [0.2, 0.25) is 0 Å². The van der Waals surface area contributed by atoms with Crippen molar-refractivity contribution in [3.63, 3.8) is 0 Å². The molecule has 1 heterocycles. The van der Waals surface area contributed by atoms with Gasteiger partial charge in [-0.05, 0) is 38.3 Å². The molecule has 3 rings (SSSR count). The largest absolute Gasteiger partial charge is 0.324 e. The fourth-order valence-corrected chi connectivity index (χ4v) is 2.79. The van der Waals surface area contributed by atoms with Crippen molar-refractivity contribution in [2.24, 2.45) is 5.92 Å². The SMILES string of the molecule is Cc1ccc(Nc2nc(C)c3c(n2)C[C@H](C)CC3=O)cc1. The highest BCUT2D eigenvalue weighted by atomic mass is 16.1. The second kappa shape index (κ2) is 5.28. The van der Waals surface area contributed by atoms with Crippen LogP contribution in [0, 0.1) is 19.8 Å². The maximum absolute atomic E-state index is 12.1. The molecule has 1 aromatic carbocycles. The van der Waals surface area contributed by atoms with E-state index < -0.39 is 0 Å². The Hall–Kier alpha value is -2.23. The van der Waals surface area contributed by atoms with Crippen LogP contribution in [0.1, 0.15) is 40.7 Å². The van der Waals surface area contributed by atoms with Gasteiger partial charge >= 0.3 is 0 Å². The van der Waals surface area contributed by atoms with Gasteiger partial charge in [-0.25, -0.2) is 9.97 Å². The predicted molar refractivity (Wildman–Crippen MR) is 83.0 cm³/mol. The van der Waals surface area contributed by atoms with Gasteiger partial charge in [0, 0.05) is 12.1 Å². The number of nitrogens with one attached hydrogen (secondary N) is 1. The third-order valence-corrected chi connectivity index (χ3v) is 3.83. The first kappa shape index (κ1) is 13.7. The summed E-state index contributed by atoms with van der Waals surface area (Å²) >= 11 is 0. The third kappa shape index (κ3) is 2.79. The molecule has 0 unspecified atom stereocenters. The van der Waals surface area contributed by atoms with Crippen LogP contribution in [-0.4, -0.2) is 15.8 Å². The average Bonchev–Trinajstić information content (AvgIpc) is 2.40. The fraction of sp³-hybridized carbons (Fsp3) is 0.353. The highest BCUT2D eigenvalue weighted by Gasteiger charge is 2.26. The molecule has 4 nitrogen and oxygen atoms in total. The van der Waals surface area contributed by atoms with Crippen molar-refractivity contribution in [2.75, 3.05) is 5.32 Å². The Morgan fingerprint density at radius 2 is 1.81 bits per heavy atom. The maximum atomic E-state index is 12.1. The lowest BCUT2D eigenvalue weighted by molar-refractivity contribution is 0.0951. The molecule has 1 aliphatic rings. The Bertz CT molecular complexity index is 692. The first-order chi connectivity index (χ1) is 10.0. The molecule has 0 spiro atoms. The van der Waals surface area contributed by atoms with Crippen molar-refractivity contribution in [3.05, 3.63) is 46.8 Å². The number of hydrogen-bond acceptors (Lipinski definition) is 4. The summed E-state index contributed by atoms with van der Waals surface area (Å²) in [5, 5.41) is 3.22. The second-order valence-corrected chi connectivity index (χ2v) is 5.88. The quantitative estimate of drug-likeness (QED) is 0.913. The van der Waals surface area contributed by atoms with Gasteiger partial charge in [-0.2, -0.15) is 0 Å². The van der Waals surface area contributed by atoms with E-state index in [-0.39, 0.29) is 5.78 Å². The molecule has 0 fully saturated rings. The van der Waals surface area contributed by atoms with Crippen molar-refractivity contribution in [1.29, 1.82) is 0 Å². The Labute approximate surface area is 124 Å². The summed E-state index contributed by atoms with van der Waals surface area (Å²) in [6, 6.07) is 8.08. The molecule has 1 aliphatic carbocycles. The number of carbonyl (C=O) groups is 1. The summed E-state index contributed by atoms with van der Waals surface area (Å²) in [6.07, 6.45) is 1.44. The topological polar surface area (TPSA) is 54.9 Å². The van der Waals surface area contributed by atoms with Gasteiger partial charge in [0.1, 0.15) is 0 Å². The number of anilines is 2. The number of Topliss-reactive ketones (excluding diaryl/α,β-unsaturated/α-hetero) is 1. The summed E-state index contributed by atoms with van der Waals surface area (Å²) in [5.41, 5.74) is 4.53. The van der Waals surface area contributed by atoms with E-state index in [9.17, 15) is 4.79 Å². The fourth-order valence-electron chi connectivity index (χ4n) is 2.79. The standard InChI is InChI=1S/C17H19N3O/c1-10-4-6-13(7-5-10)19-17-18-12(3)16-14(20-17)8-11(2)9-15(16)21/h4-7,11H,8-9H2,1-3H3,(H,18,19,20)/t11-/m0/s1.